The van der Waals surface area contributed by atoms with Gasteiger partial charge in [0.25, 0.3) is 0 Å². The predicted molar refractivity (Wildman–Crippen MR) is 127 cm³/mol. The van der Waals surface area contributed by atoms with Crippen molar-refractivity contribution in [3.8, 4) is 16.9 Å². The van der Waals surface area contributed by atoms with Crippen molar-refractivity contribution in [2.24, 2.45) is 5.73 Å². The molecule has 0 atom stereocenters. The topological polar surface area (TPSA) is 117 Å². The van der Waals surface area contributed by atoms with E-state index in [1.807, 2.05) is 37.3 Å². The second-order valence-electron chi connectivity index (χ2n) is 7.76. The Labute approximate surface area is 196 Å². The molecule has 0 saturated carbocycles. The van der Waals surface area contributed by atoms with Gasteiger partial charge in [0.2, 0.25) is 5.79 Å². The lowest BCUT2D eigenvalue weighted by atomic mass is 9.99. The maximum Gasteiger partial charge on any atom is 0.335 e. The van der Waals surface area contributed by atoms with Gasteiger partial charge >= 0.3 is 5.97 Å². The average molecular weight is 463 g/mol. The van der Waals surface area contributed by atoms with Gasteiger partial charge in [-0.15, -0.1) is 0 Å². The minimum atomic E-state index is -0.968. The molecule has 5 rings (SSSR count). The van der Waals surface area contributed by atoms with Crippen LogP contribution >= 0.6 is 0 Å². The van der Waals surface area contributed by atoms with Crippen molar-refractivity contribution in [3.05, 3.63) is 83.9 Å². The zero-order valence-corrected chi connectivity index (χ0v) is 19.0. The van der Waals surface area contributed by atoms with Gasteiger partial charge in [-0.3, -0.25) is 4.98 Å². The Morgan fingerprint density at radius 1 is 1.15 bits per heavy atom. The maximum atomic E-state index is 11.3. The monoisotopic (exact) mass is 462 g/mol. The van der Waals surface area contributed by atoms with Gasteiger partial charge in [0.1, 0.15) is 0 Å². The number of carboxylic acid groups (broad SMARTS) is 1. The molecule has 1 aliphatic rings. The standard InChI is InChI=1S/C20H18O6.C6H8N2/c1-20(24-8-9-25-20)17-11-15-14(6-7-16(23-2)18(15)26-17)12-4-3-5-13(10-12)19(21)22;7-4-6-2-1-3-8-5-6/h3-7,10-11H,8-9H2,1-2H3,(H,21,22);1-3,5H,4,7H2. The zero-order valence-electron chi connectivity index (χ0n) is 19.0. The lowest BCUT2D eigenvalue weighted by molar-refractivity contribution is -0.162. The first-order valence-electron chi connectivity index (χ1n) is 10.8. The Balaban J connectivity index is 0.000000291. The van der Waals surface area contributed by atoms with Gasteiger partial charge in [0, 0.05) is 24.3 Å². The summed E-state index contributed by atoms with van der Waals surface area (Å²) in [5.41, 5.74) is 8.81. The van der Waals surface area contributed by atoms with Gasteiger partial charge < -0.3 is 29.5 Å². The van der Waals surface area contributed by atoms with E-state index in [0.29, 0.717) is 36.9 Å². The summed E-state index contributed by atoms with van der Waals surface area (Å²) in [6.07, 6.45) is 3.50. The Morgan fingerprint density at radius 2 is 1.94 bits per heavy atom. The van der Waals surface area contributed by atoms with E-state index in [2.05, 4.69) is 4.98 Å². The van der Waals surface area contributed by atoms with Crippen molar-refractivity contribution in [2.75, 3.05) is 20.3 Å². The van der Waals surface area contributed by atoms with Crippen LogP contribution in [0.2, 0.25) is 0 Å². The van der Waals surface area contributed by atoms with Crippen molar-refractivity contribution < 1.29 is 28.5 Å². The summed E-state index contributed by atoms with van der Waals surface area (Å²) >= 11 is 0. The average Bonchev–Trinajstić information content (AvgIpc) is 3.52. The van der Waals surface area contributed by atoms with Crippen molar-refractivity contribution in [1.29, 1.82) is 0 Å². The molecule has 2 aromatic carbocycles. The first-order valence-corrected chi connectivity index (χ1v) is 10.8. The fourth-order valence-electron chi connectivity index (χ4n) is 3.73. The molecule has 1 aliphatic heterocycles. The molecule has 2 aromatic heterocycles. The van der Waals surface area contributed by atoms with Crippen LogP contribution in [-0.2, 0) is 21.8 Å². The van der Waals surface area contributed by atoms with Gasteiger partial charge in [-0.1, -0.05) is 18.2 Å². The Hall–Kier alpha value is -3.72. The van der Waals surface area contributed by atoms with E-state index in [1.54, 1.807) is 43.8 Å². The van der Waals surface area contributed by atoms with Crippen molar-refractivity contribution in [1.82, 2.24) is 4.98 Å². The van der Waals surface area contributed by atoms with Crippen LogP contribution in [0.3, 0.4) is 0 Å². The number of hydrogen-bond donors (Lipinski definition) is 2. The number of benzene rings is 2. The number of fused-ring (bicyclic) bond motifs is 1. The normalized spacial score (nSPS) is 14.4. The molecule has 176 valence electrons. The smallest absolute Gasteiger partial charge is 0.335 e. The van der Waals surface area contributed by atoms with Crippen LogP contribution in [0.25, 0.3) is 22.1 Å². The van der Waals surface area contributed by atoms with Gasteiger partial charge in [0.05, 0.1) is 25.9 Å². The lowest BCUT2D eigenvalue weighted by Crippen LogP contribution is -2.21. The number of nitrogens with zero attached hydrogens (tertiary/aromatic N) is 1. The Bertz CT molecular complexity index is 1280. The Morgan fingerprint density at radius 3 is 2.56 bits per heavy atom. The SMILES string of the molecule is COc1ccc(-c2cccc(C(=O)O)c2)c2cc(C3(C)OCCO3)oc12.NCc1cccnc1. The van der Waals surface area contributed by atoms with Crippen molar-refractivity contribution >= 4 is 16.9 Å². The Kier molecular flexibility index (Phi) is 6.93. The highest BCUT2D eigenvalue weighted by atomic mass is 16.7. The predicted octanol–water partition coefficient (Wildman–Crippen LogP) is 4.57. The van der Waals surface area contributed by atoms with E-state index in [1.165, 1.54) is 0 Å². The summed E-state index contributed by atoms with van der Waals surface area (Å²) in [5.74, 6) is -0.773. The molecule has 3 heterocycles. The van der Waals surface area contributed by atoms with Crippen molar-refractivity contribution in [2.45, 2.75) is 19.3 Å². The first kappa shape index (κ1) is 23.4. The summed E-state index contributed by atoms with van der Waals surface area (Å²) in [5, 5.41) is 10.1. The van der Waals surface area contributed by atoms with Crippen molar-refractivity contribution in [3.63, 3.8) is 0 Å². The lowest BCUT2D eigenvalue weighted by Gasteiger charge is -2.18. The molecule has 0 amide bonds. The second kappa shape index (κ2) is 10.0. The summed E-state index contributed by atoms with van der Waals surface area (Å²) in [6.45, 7) is 3.39. The van der Waals surface area contributed by atoms with E-state index in [9.17, 15) is 9.90 Å². The molecule has 0 spiro atoms. The third kappa shape index (κ3) is 4.79. The van der Waals surface area contributed by atoms with Crippen LogP contribution in [0.4, 0.5) is 0 Å². The fourth-order valence-corrected chi connectivity index (χ4v) is 3.73. The number of hydrogen-bond acceptors (Lipinski definition) is 7. The van der Waals surface area contributed by atoms with E-state index in [-0.39, 0.29) is 5.56 Å². The molecule has 8 nitrogen and oxygen atoms in total. The van der Waals surface area contributed by atoms with Crippen LogP contribution in [-0.4, -0.2) is 36.4 Å². The highest BCUT2D eigenvalue weighted by Crippen LogP contribution is 2.41. The molecule has 4 aromatic rings. The van der Waals surface area contributed by atoms with E-state index in [4.69, 9.17) is 24.4 Å². The largest absolute Gasteiger partial charge is 0.493 e. The highest BCUT2D eigenvalue weighted by molar-refractivity contribution is 5.99. The van der Waals surface area contributed by atoms with Gasteiger partial charge in [0.15, 0.2) is 17.1 Å². The highest BCUT2D eigenvalue weighted by Gasteiger charge is 2.37. The number of ether oxygens (including phenoxy) is 3. The zero-order chi connectivity index (χ0) is 24.1. The minimum Gasteiger partial charge on any atom is -0.493 e. The van der Waals surface area contributed by atoms with Crippen LogP contribution in [0.15, 0.2) is 71.4 Å². The third-order valence-corrected chi connectivity index (χ3v) is 5.53. The molecule has 0 aliphatic carbocycles. The summed E-state index contributed by atoms with van der Waals surface area (Å²) in [6, 6.07) is 16.2. The fraction of sp³-hybridized carbons (Fsp3) is 0.231. The number of carbonyl (C=O) groups is 1. The molecule has 1 fully saturated rings. The number of carboxylic acids is 1. The molecule has 0 unspecified atom stereocenters. The van der Waals surface area contributed by atoms with E-state index < -0.39 is 11.8 Å². The molecule has 34 heavy (non-hydrogen) atoms. The third-order valence-electron chi connectivity index (χ3n) is 5.53. The number of nitrogens with two attached hydrogens (primary N) is 1. The molecule has 1 saturated heterocycles. The summed E-state index contributed by atoms with van der Waals surface area (Å²) in [7, 11) is 1.58. The molecular weight excluding hydrogens is 436 g/mol. The molecule has 3 N–H and O–H groups in total. The second-order valence-corrected chi connectivity index (χ2v) is 7.76. The van der Waals surface area contributed by atoms with Gasteiger partial charge in [-0.05, 0) is 60.0 Å². The minimum absolute atomic E-state index is 0.226. The number of aromatic nitrogens is 1. The van der Waals surface area contributed by atoms with Crippen LogP contribution in [0.1, 0.15) is 28.6 Å². The number of rotatable bonds is 5. The van der Waals surface area contributed by atoms with Crippen LogP contribution in [0.5, 0.6) is 5.75 Å². The summed E-state index contributed by atoms with van der Waals surface area (Å²) in [4.78, 5) is 15.2. The van der Waals surface area contributed by atoms with Crippen LogP contribution < -0.4 is 10.5 Å². The quantitative estimate of drug-likeness (QED) is 0.443. The molecule has 8 heteroatoms. The number of pyridine rings is 1. The summed E-state index contributed by atoms with van der Waals surface area (Å²) < 4.78 is 22.8. The first-order chi connectivity index (χ1) is 16.4. The van der Waals surface area contributed by atoms with Crippen LogP contribution in [0, 0.1) is 0 Å². The number of aromatic carboxylic acids is 1. The number of methoxy groups -OCH3 is 1. The maximum absolute atomic E-state index is 11.3. The van der Waals surface area contributed by atoms with Gasteiger partial charge in [-0.25, -0.2) is 4.79 Å². The molecule has 0 bridgehead atoms. The molecule has 0 radical (unpaired) electrons. The van der Waals surface area contributed by atoms with E-state index in [0.717, 1.165) is 22.1 Å². The van der Waals surface area contributed by atoms with Gasteiger partial charge in [-0.2, -0.15) is 0 Å². The molecular formula is C26H26N2O6. The number of furan rings is 1. The van der Waals surface area contributed by atoms with E-state index >= 15 is 0 Å².